The van der Waals surface area contributed by atoms with E-state index in [1.165, 1.54) is 25.1 Å². The van der Waals surface area contributed by atoms with Crippen LogP contribution >= 0.6 is 0 Å². The average molecular weight is 337 g/mol. The molecule has 1 N–H and O–H groups in total. The zero-order valence-electron chi connectivity index (χ0n) is 11.8. The van der Waals surface area contributed by atoms with Crippen LogP contribution in [-0.2, 0) is 0 Å². The highest BCUT2D eigenvalue weighted by Crippen LogP contribution is 2.36. The molecule has 0 aliphatic heterocycles. The molecule has 1 rings (SSSR count). The molecule has 0 heterocycles. The quantitative estimate of drug-likeness (QED) is 0.506. The topological polar surface area (TPSA) is 136 Å². The van der Waals surface area contributed by atoms with Crippen LogP contribution in [-0.4, -0.2) is 11.3 Å². The zero-order valence-corrected chi connectivity index (χ0v) is 11.8. The fourth-order valence-corrected chi connectivity index (χ4v) is 1.64. The first-order chi connectivity index (χ1) is 11.1. The highest BCUT2D eigenvalue weighted by Gasteiger charge is 2.32. The largest absolute Gasteiger partial charge is 0.573 e. The summed E-state index contributed by atoms with van der Waals surface area (Å²) in [7, 11) is 0. The normalized spacial score (nSPS) is 9.88. The minimum Gasteiger partial charge on any atom is -0.406 e. The molecule has 0 radical (unpaired) electrons. The van der Waals surface area contributed by atoms with Gasteiger partial charge in [-0.2, -0.15) is 15.8 Å². The Morgan fingerprint density at radius 3 is 2.25 bits per heavy atom. The molecule has 0 bridgehead atoms. The Morgan fingerprint density at radius 2 is 1.83 bits per heavy atom. The van der Waals surface area contributed by atoms with Gasteiger partial charge in [-0.1, -0.05) is 0 Å². The van der Waals surface area contributed by atoms with Crippen molar-refractivity contribution < 1.29 is 22.8 Å². The smallest absolute Gasteiger partial charge is 0.406 e. The predicted octanol–water partition coefficient (Wildman–Crippen LogP) is 3.04. The van der Waals surface area contributed by atoms with Gasteiger partial charge in [0.25, 0.3) is 5.69 Å². The Bertz CT molecular complexity index is 825. The van der Waals surface area contributed by atoms with Crippen LogP contribution in [0.3, 0.4) is 0 Å². The Hall–Kier alpha value is -3.78. The first-order valence-electron chi connectivity index (χ1n) is 5.89. The number of hydrogen-bond donors (Lipinski definition) is 1. The number of alkyl halides is 3. The lowest BCUT2D eigenvalue weighted by Crippen LogP contribution is -2.17. The monoisotopic (exact) mass is 337 g/mol. The van der Waals surface area contributed by atoms with E-state index < -0.39 is 34.0 Å². The van der Waals surface area contributed by atoms with Gasteiger partial charge in [-0.15, -0.1) is 13.2 Å². The van der Waals surface area contributed by atoms with Gasteiger partial charge in [0.15, 0.2) is 5.57 Å². The van der Waals surface area contributed by atoms with Gasteiger partial charge in [0.05, 0.1) is 11.0 Å². The molecule has 0 amide bonds. The number of benzene rings is 1. The summed E-state index contributed by atoms with van der Waals surface area (Å²) in [6.45, 7) is 1.23. The summed E-state index contributed by atoms with van der Waals surface area (Å²) in [6, 6.07) is 5.70. The molecule has 1 aromatic carbocycles. The van der Waals surface area contributed by atoms with Crippen molar-refractivity contribution in [1.29, 1.82) is 15.8 Å². The van der Waals surface area contributed by atoms with Crippen molar-refractivity contribution in [1.82, 2.24) is 0 Å². The van der Waals surface area contributed by atoms with Crippen molar-refractivity contribution in [2.45, 2.75) is 13.3 Å². The molecule has 0 spiro atoms. The maximum Gasteiger partial charge on any atom is 0.573 e. The number of nitrogens with zero attached hydrogens (tertiary/aromatic N) is 4. The van der Waals surface area contributed by atoms with E-state index in [2.05, 4.69) is 10.1 Å². The summed E-state index contributed by atoms with van der Waals surface area (Å²) in [5, 5.41) is 39.7. The lowest BCUT2D eigenvalue weighted by atomic mass is 10.1. The first kappa shape index (κ1) is 18.3. The number of nitrogens with one attached hydrogen (secondary N) is 1. The molecule has 11 heteroatoms. The van der Waals surface area contributed by atoms with E-state index in [0.29, 0.717) is 6.07 Å². The van der Waals surface area contributed by atoms with Gasteiger partial charge in [0, 0.05) is 0 Å². The summed E-state index contributed by atoms with van der Waals surface area (Å²) in [5.41, 5.74) is -2.43. The van der Waals surface area contributed by atoms with E-state index in [9.17, 15) is 23.3 Å². The Morgan fingerprint density at radius 1 is 1.25 bits per heavy atom. The molecule has 0 saturated carbocycles. The second kappa shape index (κ2) is 6.99. The van der Waals surface area contributed by atoms with Crippen molar-refractivity contribution >= 4 is 11.4 Å². The van der Waals surface area contributed by atoms with Crippen molar-refractivity contribution in [3.63, 3.8) is 0 Å². The third kappa shape index (κ3) is 4.36. The van der Waals surface area contributed by atoms with Crippen LogP contribution in [0, 0.1) is 51.0 Å². The second-order valence-electron chi connectivity index (χ2n) is 4.15. The molecule has 0 aromatic heterocycles. The van der Waals surface area contributed by atoms with E-state index in [-0.39, 0.29) is 11.3 Å². The molecule has 0 atom stereocenters. The molecule has 0 saturated heterocycles. The second-order valence-corrected chi connectivity index (χ2v) is 4.15. The number of nitro groups is 1. The third-order valence-electron chi connectivity index (χ3n) is 2.55. The number of anilines is 1. The molecule has 0 aliphatic rings. The number of rotatable bonds is 4. The predicted molar refractivity (Wildman–Crippen MR) is 72.0 cm³/mol. The number of nitriles is 3. The van der Waals surface area contributed by atoms with Crippen LogP contribution in [0.1, 0.15) is 5.56 Å². The fourth-order valence-electron chi connectivity index (χ4n) is 1.64. The maximum atomic E-state index is 12.2. The van der Waals surface area contributed by atoms with Gasteiger partial charge in [-0.25, -0.2) is 0 Å². The van der Waals surface area contributed by atoms with Crippen LogP contribution in [0.5, 0.6) is 5.75 Å². The van der Waals surface area contributed by atoms with Crippen LogP contribution in [0.15, 0.2) is 23.4 Å². The van der Waals surface area contributed by atoms with Crippen molar-refractivity contribution in [2.75, 3.05) is 5.32 Å². The molecule has 122 valence electrons. The number of nitro benzene ring substituents is 1. The summed E-state index contributed by atoms with van der Waals surface area (Å²) in [6.07, 6.45) is -5.04. The van der Waals surface area contributed by atoms with Crippen molar-refractivity contribution in [2.24, 2.45) is 0 Å². The molecule has 1 aromatic rings. The Balaban J connectivity index is 3.48. The molecular weight excluding hydrogens is 331 g/mol. The molecule has 0 fully saturated rings. The minimum atomic E-state index is -5.04. The van der Waals surface area contributed by atoms with E-state index in [4.69, 9.17) is 15.8 Å². The molecule has 0 unspecified atom stereocenters. The first-order valence-corrected chi connectivity index (χ1v) is 5.89. The lowest BCUT2D eigenvalue weighted by molar-refractivity contribution is -0.384. The lowest BCUT2D eigenvalue weighted by Gasteiger charge is -2.13. The highest BCUT2D eigenvalue weighted by molar-refractivity contribution is 5.73. The third-order valence-corrected chi connectivity index (χ3v) is 2.55. The standard InChI is InChI=1S/C13H6F3N5O3/c1-7-2-9(24-13(14,15)16)3-11(21(22)23)12(7)20-10(6-19)8(4-17)5-18/h2-3,20H,1H3. The molecule has 24 heavy (non-hydrogen) atoms. The van der Waals surface area contributed by atoms with E-state index in [0.717, 1.165) is 6.07 Å². The van der Waals surface area contributed by atoms with Crippen LogP contribution < -0.4 is 10.1 Å². The molecular formula is C13H6F3N5O3. The average Bonchev–Trinajstić information content (AvgIpc) is 2.47. The summed E-state index contributed by atoms with van der Waals surface area (Å²) in [5.74, 6) is -0.819. The van der Waals surface area contributed by atoms with E-state index in [1.54, 1.807) is 0 Å². The SMILES string of the molecule is Cc1cc(OC(F)(F)F)cc([N+](=O)[O-])c1NC(C#N)=C(C#N)C#N. The number of ether oxygens (including phenoxy) is 1. The summed E-state index contributed by atoms with van der Waals surface area (Å²) in [4.78, 5) is 10.1. The van der Waals surface area contributed by atoms with Crippen LogP contribution in [0.4, 0.5) is 24.5 Å². The van der Waals surface area contributed by atoms with Crippen molar-refractivity contribution in [3.8, 4) is 24.0 Å². The molecule has 0 aliphatic carbocycles. The van der Waals surface area contributed by atoms with E-state index >= 15 is 0 Å². The summed E-state index contributed by atoms with van der Waals surface area (Å²) < 4.78 is 40.4. The van der Waals surface area contributed by atoms with Crippen LogP contribution in [0.2, 0.25) is 0 Å². The number of hydrogen-bond acceptors (Lipinski definition) is 7. The van der Waals surface area contributed by atoms with Gasteiger partial charge in [-0.3, -0.25) is 10.1 Å². The number of allylic oxidation sites excluding steroid dienone is 2. The van der Waals surface area contributed by atoms with Gasteiger partial charge in [0.1, 0.15) is 35.3 Å². The minimum absolute atomic E-state index is 0.0635. The Kier molecular flexibility index (Phi) is 5.32. The van der Waals surface area contributed by atoms with Crippen LogP contribution in [0.25, 0.3) is 0 Å². The van der Waals surface area contributed by atoms with Crippen molar-refractivity contribution in [3.05, 3.63) is 39.1 Å². The summed E-state index contributed by atoms with van der Waals surface area (Å²) >= 11 is 0. The van der Waals surface area contributed by atoms with Gasteiger partial charge < -0.3 is 10.1 Å². The Labute approximate surface area is 132 Å². The van der Waals surface area contributed by atoms with Gasteiger partial charge >= 0.3 is 6.36 Å². The number of aryl methyl sites for hydroxylation is 1. The fraction of sp³-hybridized carbons (Fsp3) is 0.154. The van der Waals surface area contributed by atoms with Gasteiger partial charge in [-0.05, 0) is 18.6 Å². The maximum absolute atomic E-state index is 12.2. The highest BCUT2D eigenvalue weighted by atomic mass is 19.4. The zero-order chi connectivity index (χ0) is 18.5. The molecule has 8 nitrogen and oxygen atoms in total. The van der Waals surface area contributed by atoms with Gasteiger partial charge in [0.2, 0.25) is 0 Å². The van der Waals surface area contributed by atoms with E-state index in [1.807, 2.05) is 0 Å². The number of halogens is 3.